The van der Waals surface area contributed by atoms with Crippen LogP contribution in [0.25, 0.3) is 11.5 Å². The molecule has 7 heteroatoms. The summed E-state index contributed by atoms with van der Waals surface area (Å²) in [5.41, 5.74) is 2.00. The molecule has 128 valence electrons. The normalized spacial score (nSPS) is 10.6. The van der Waals surface area contributed by atoms with Crippen LogP contribution in [-0.2, 0) is 13.0 Å². The van der Waals surface area contributed by atoms with E-state index in [4.69, 9.17) is 4.52 Å². The predicted molar refractivity (Wildman–Crippen MR) is 94.2 cm³/mol. The maximum atomic E-state index is 11.4. The molecule has 0 fully saturated rings. The van der Waals surface area contributed by atoms with E-state index in [0.29, 0.717) is 35.9 Å². The molecule has 7 nitrogen and oxygen atoms in total. The Morgan fingerprint density at radius 1 is 1.20 bits per heavy atom. The summed E-state index contributed by atoms with van der Waals surface area (Å²) < 4.78 is 5.20. The molecule has 1 heterocycles. The summed E-state index contributed by atoms with van der Waals surface area (Å²) in [6, 6.07) is 14.6. The third-order valence-electron chi connectivity index (χ3n) is 3.71. The Morgan fingerprint density at radius 2 is 2.00 bits per heavy atom. The number of hydrogen-bond acceptors (Lipinski definition) is 6. The fourth-order valence-electron chi connectivity index (χ4n) is 2.45. The Morgan fingerprint density at radius 3 is 2.72 bits per heavy atom. The number of nitrogens with one attached hydrogen (secondary N) is 1. The van der Waals surface area contributed by atoms with Crippen LogP contribution in [0, 0.1) is 10.1 Å². The lowest BCUT2D eigenvalue weighted by atomic mass is 10.1. The summed E-state index contributed by atoms with van der Waals surface area (Å²) in [5, 5.41) is 18.4. The zero-order valence-electron chi connectivity index (χ0n) is 13.8. The molecule has 0 spiro atoms. The number of benzene rings is 2. The van der Waals surface area contributed by atoms with Gasteiger partial charge >= 0.3 is 0 Å². The zero-order valence-corrected chi connectivity index (χ0v) is 13.8. The van der Waals surface area contributed by atoms with Crippen LogP contribution in [-0.4, -0.2) is 15.1 Å². The molecule has 0 aliphatic heterocycles. The number of rotatable bonds is 7. The highest BCUT2D eigenvalue weighted by atomic mass is 16.6. The quantitative estimate of drug-likeness (QED) is 0.512. The van der Waals surface area contributed by atoms with Gasteiger partial charge in [0.25, 0.3) is 11.6 Å². The van der Waals surface area contributed by atoms with Gasteiger partial charge < -0.3 is 9.84 Å². The van der Waals surface area contributed by atoms with E-state index in [0.717, 1.165) is 12.0 Å². The lowest BCUT2D eigenvalue weighted by Crippen LogP contribution is -2.02. The Labute approximate surface area is 144 Å². The summed E-state index contributed by atoms with van der Waals surface area (Å²) in [6.07, 6.45) is 1.61. The van der Waals surface area contributed by atoms with Crippen LogP contribution in [0.2, 0.25) is 0 Å². The Balaban J connectivity index is 1.83. The molecule has 0 saturated carbocycles. The van der Waals surface area contributed by atoms with E-state index >= 15 is 0 Å². The second-order valence-electron chi connectivity index (χ2n) is 5.59. The molecule has 0 radical (unpaired) electrons. The smallest absolute Gasteiger partial charge is 0.293 e. The van der Waals surface area contributed by atoms with Gasteiger partial charge in [0.1, 0.15) is 5.69 Å². The monoisotopic (exact) mass is 338 g/mol. The van der Waals surface area contributed by atoms with E-state index in [1.807, 2.05) is 37.3 Å². The Bertz CT molecular complexity index is 862. The van der Waals surface area contributed by atoms with E-state index < -0.39 is 4.92 Å². The third-order valence-corrected chi connectivity index (χ3v) is 3.71. The summed E-state index contributed by atoms with van der Waals surface area (Å²) in [4.78, 5) is 15.3. The molecule has 1 aromatic heterocycles. The summed E-state index contributed by atoms with van der Waals surface area (Å²) in [5.74, 6) is 0.896. The third kappa shape index (κ3) is 4.00. The van der Waals surface area contributed by atoms with Crippen LogP contribution in [0.15, 0.2) is 53.1 Å². The van der Waals surface area contributed by atoms with E-state index in [1.165, 1.54) is 6.07 Å². The summed E-state index contributed by atoms with van der Waals surface area (Å²) >= 11 is 0. The molecular weight excluding hydrogens is 320 g/mol. The molecule has 0 amide bonds. The van der Waals surface area contributed by atoms with Gasteiger partial charge in [-0.15, -0.1) is 0 Å². The number of anilines is 1. The molecule has 3 aromatic rings. The summed E-state index contributed by atoms with van der Waals surface area (Å²) in [7, 11) is 0. The van der Waals surface area contributed by atoms with Crippen molar-refractivity contribution in [3.8, 4) is 11.5 Å². The van der Waals surface area contributed by atoms with Crippen LogP contribution < -0.4 is 5.32 Å². The fourth-order valence-corrected chi connectivity index (χ4v) is 2.45. The highest BCUT2D eigenvalue weighted by Gasteiger charge is 2.18. The number of aryl methyl sites for hydroxylation is 1. The average molecular weight is 338 g/mol. The average Bonchev–Trinajstić information content (AvgIpc) is 3.09. The highest BCUT2D eigenvalue weighted by molar-refractivity contribution is 5.69. The molecule has 2 aromatic carbocycles. The maximum absolute atomic E-state index is 11.4. The minimum Gasteiger partial charge on any atom is -0.375 e. The standard InChI is InChI=1S/C18H18N4O3/c1-2-6-17-20-18(25-21-17)14-9-10-15(16(11-14)22(23)24)19-12-13-7-4-3-5-8-13/h3-5,7-11,19H,2,6,12H2,1H3. The van der Waals surface area contributed by atoms with Gasteiger partial charge in [-0.05, 0) is 24.1 Å². The highest BCUT2D eigenvalue weighted by Crippen LogP contribution is 2.30. The molecule has 0 aliphatic carbocycles. The predicted octanol–water partition coefficient (Wildman–Crippen LogP) is 4.21. The lowest BCUT2D eigenvalue weighted by molar-refractivity contribution is -0.383. The first-order chi connectivity index (χ1) is 12.2. The van der Waals surface area contributed by atoms with Crippen molar-refractivity contribution in [3.05, 3.63) is 70.0 Å². The van der Waals surface area contributed by atoms with Crippen molar-refractivity contribution in [2.75, 3.05) is 5.32 Å². The van der Waals surface area contributed by atoms with Gasteiger partial charge in [-0.3, -0.25) is 10.1 Å². The number of nitro benzene ring substituents is 1. The van der Waals surface area contributed by atoms with Crippen LogP contribution in [0.1, 0.15) is 24.7 Å². The first-order valence-electron chi connectivity index (χ1n) is 8.06. The van der Waals surface area contributed by atoms with E-state index in [2.05, 4.69) is 15.5 Å². The number of hydrogen-bond donors (Lipinski definition) is 1. The molecule has 0 bridgehead atoms. The zero-order chi connectivity index (χ0) is 17.6. The minimum atomic E-state index is -0.417. The number of nitro groups is 1. The molecule has 0 aliphatic rings. The molecule has 1 N–H and O–H groups in total. The lowest BCUT2D eigenvalue weighted by Gasteiger charge is -2.08. The van der Waals surface area contributed by atoms with Gasteiger partial charge in [0, 0.05) is 24.6 Å². The molecule has 25 heavy (non-hydrogen) atoms. The number of nitrogens with zero attached hydrogens (tertiary/aromatic N) is 3. The van der Waals surface area contributed by atoms with Crippen LogP contribution in [0.4, 0.5) is 11.4 Å². The minimum absolute atomic E-state index is 0.0244. The van der Waals surface area contributed by atoms with Gasteiger partial charge in [0.15, 0.2) is 5.82 Å². The van der Waals surface area contributed by atoms with Gasteiger partial charge in [-0.25, -0.2) is 0 Å². The first-order valence-corrected chi connectivity index (χ1v) is 8.06. The van der Waals surface area contributed by atoms with E-state index in [1.54, 1.807) is 12.1 Å². The second-order valence-corrected chi connectivity index (χ2v) is 5.59. The van der Waals surface area contributed by atoms with Crippen molar-refractivity contribution < 1.29 is 9.45 Å². The van der Waals surface area contributed by atoms with Crippen molar-refractivity contribution in [3.63, 3.8) is 0 Å². The molecule has 0 saturated heterocycles. The Kier molecular flexibility index (Phi) is 5.03. The molecular formula is C18H18N4O3. The van der Waals surface area contributed by atoms with Crippen molar-refractivity contribution in [2.45, 2.75) is 26.3 Å². The van der Waals surface area contributed by atoms with Crippen molar-refractivity contribution >= 4 is 11.4 Å². The van der Waals surface area contributed by atoms with Gasteiger partial charge in [-0.2, -0.15) is 4.98 Å². The van der Waals surface area contributed by atoms with Crippen molar-refractivity contribution in [2.24, 2.45) is 0 Å². The van der Waals surface area contributed by atoms with Gasteiger partial charge in [0.05, 0.1) is 4.92 Å². The topological polar surface area (TPSA) is 94.1 Å². The molecule has 0 atom stereocenters. The maximum Gasteiger partial charge on any atom is 0.293 e. The fraction of sp³-hybridized carbons (Fsp3) is 0.222. The molecule has 3 rings (SSSR count). The van der Waals surface area contributed by atoms with Crippen LogP contribution in [0.3, 0.4) is 0 Å². The first kappa shape index (κ1) is 16.6. The second kappa shape index (κ2) is 7.57. The van der Waals surface area contributed by atoms with Crippen LogP contribution >= 0.6 is 0 Å². The van der Waals surface area contributed by atoms with Gasteiger partial charge in [-0.1, -0.05) is 42.4 Å². The number of aromatic nitrogens is 2. The molecule has 0 unspecified atom stereocenters. The van der Waals surface area contributed by atoms with Crippen molar-refractivity contribution in [1.82, 2.24) is 10.1 Å². The SMILES string of the molecule is CCCc1noc(-c2ccc(NCc3ccccc3)c([N+](=O)[O-])c2)n1. The van der Waals surface area contributed by atoms with Crippen LogP contribution in [0.5, 0.6) is 0 Å². The van der Waals surface area contributed by atoms with E-state index in [9.17, 15) is 10.1 Å². The largest absolute Gasteiger partial charge is 0.375 e. The van der Waals surface area contributed by atoms with Gasteiger partial charge in [0.2, 0.25) is 0 Å². The Hall–Kier alpha value is -3.22. The van der Waals surface area contributed by atoms with Crippen molar-refractivity contribution in [1.29, 1.82) is 0 Å². The summed E-state index contributed by atoms with van der Waals surface area (Å²) in [6.45, 7) is 2.52. The van der Waals surface area contributed by atoms with E-state index in [-0.39, 0.29) is 5.69 Å².